The third-order valence-corrected chi connectivity index (χ3v) is 4.61. The van der Waals surface area contributed by atoms with Crippen molar-refractivity contribution >= 4 is 6.21 Å². The van der Waals surface area contributed by atoms with E-state index in [0.717, 1.165) is 24.8 Å². The van der Waals surface area contributed by atoms with Crippen molar-refractivity contribution in [3.8, 4) is 11.1 Å². The number of aliphatic imine (C=N–C) groups is 1. The molecule has 0 unspecified atom stereocenters. The number of fused-ring (bicyclic) bond motifs is 1. The summed E-state index contributed by atoms with van der Waals surface area (Å²) in [6.07, 6.45) is 13.2. The van der Waals surface area contributed by atoms with Crippen LogP contribution in [0.3, 0.4) is 0 Å². The molecule has 0 saturated heterocycles. The van der Waals surface area contributed by atoms with E-state index in [2.05, 4.69) is 34.4 Å². The highest BCUT2D eigenvalue weighted by Crippen LogP contribution is 2.40. The minimum Gasteiger partial charge on any atom is -0.291 e. The second kappa shape index (κ2) is 4.51. The second-order valence-electron chi connectivity index (χ2n) is 5.82. The van der Waals surface area contributed by atoms with Gasteiger partial charge in [0.1, 0.15) is 6.33 Å². The van der Waals surface area contributed by atoms with Crippen molar-refractivity contribution in [1.29, 1.82) is 0 Å². The van der Waals surface area contributed by atoms with Crippen molar-refractivity contribution in [2.75, 3.05) is 0 Å². The summed E-state index contributed by atoms with van der Waals surface area (Å²) in [7, 11) is 0. The maximum atomic E-state index is 4.78. The monoisotopic (exact) mass is 263 g/mol. The van der Waals surface area contributed by atoms with Crippen LogP contribution in [0, 0.1) is 0 Å². The van der Waals surface area contributed by atoms with Gasteiger partial charge >= 0.3 is 0 Å². The summed E-state index contributed by atoms with van der Waals surface area (Å²) >= 11 is 0. The molecule has 1 atom stereocenters. The lowest BCUT2D eigenvalue weighted by atomic mass is 9.75. The largest absolute Gasteiger partial charge is 0.291 e. The molecule has 0 amide bonds. The van der Waals surface area contributed by atoms with Gasteiger partial charge in [-0.3, -0.25) is 4.99 Å². The van der Waals surface area contributed by atoms with E-state index in [9.17, 15) is 0 Å². The molecule has 1 spiro atoms. The number of nitrogens with zero attached hydrogens (tertiary/aromatic N) is 3. The van der Waals surface area contributed by atoms with Crippen LogP contribution in [0.25, 0.3) is 11.1 Å². The summed E-state index contributed by atoms with van der Waals surface area (Å²) in [4.78, 5) is 13.1. The van der Waals surface area contributed by atoms with Crippen LogP contribution in [0.1, 0.15) is 30.4 Å². The van der Waals surface area contributed by atoms with Gasteiger partial charge in [-0.15, -0.1) is 0 Å². The molecule has 3 heteroatoms. The molecule has 2 aliphatic rings. The smallest absolute Gasteiger partial charge is 0.115 e. The van der Waals surface area contributed by atoms with Crippen LogP contribution in [0.2, 0.25) is 0 Å². The minimum absolute atomic E-state index is 0.193. The van der Waals surface area contributed by atoms with Gasteiger partial charge in [-0.25, -0.2) is 9.97 Å². The number of aromatic nitrogens is 2. The normalized spacial score (nSPS) is 24.0. The molecule has 2 heterocycles. The maximum absolute atomic E-state index is 4.78. The molecule has 0 fully saturated rings. The predicted molar refractivity (Wildman–Crippen MR) is 80.0 cm³/mol. The first-order valence-corrected chi connectivity index (χ1v) is 7.26. The van der Waals surface area contributed by atoms with Crippen molar-refractivity contribution in [2.45, 2.75) is 37.6 Å². The Hall–Kier alpha value is -2.03. The van der Waals surface area contributed by atoms with Gasteiger partial charge in [0, 0.05) is 18.0 Å². The summed E-state index contributed by atoms with van der Waals surface area (Å²) in [5, 5.41) is 0. The molecule has 1 aliphatic carbocycles. The molecule has 0 N–H and O–H groups in total. The molecule has 1 aliphatic heterocycles. The molecule has 20 heavy (non-hydrogen) atoms. The molecular formula is C17H17N3. The Morgan fingerprint density at radius 2 is 1.95 bits per heavy atom. The molecule has 4 rings (SSSR count). The van der Waals surface area contributed by atoms with E-state index in [-0.39, 0.29) is 5.54 Å². The first kappa shape index (κ1) is 11.8. The predicted octanol–water partition coefficient (Wildman–Crippen LogP) is 3.24. The Morgan fingerprint density at radius 1 is 1.05 bits per heavy atom. The van der Waals surface area contributed by atoms with Crippen LogP contribution in [-0.2, 0) is 12.8 Å². The average Bonchev–Trinajstić information content (AvgIpc) is 2.95. The quantitative estimate of drug-likeness (QED) is 0.792. The van der Waals surface area contributed by atoms with Crippen LogP contribution < -0.4 is 0 Å². The molecule has 0 bridgehead atoms. The summed E-state index contributed by atoms with van der Waals surface area (Å²) in [6.45, 7) is 0. The van der Waals surface area contributed by atoms with Crippen molar-refractivity contribution in [2.24, 2.45) is 4.99 Å². The van der Waals surface area contributed by atoms with Gasteiger partial charge in [0.25, 0.3) is 0 Å². The van der Waals surface area contributed by atoms with E-state index in [0.29, 0.717) is 0 Å². The SMILES string of the molecule is C1=N[C@@]2(CC1)CCc1c(cccc1-c1cncnc1)C2. The van der Waals surface area contributed by atoms with Gasteiger partial charge in [-0.2, -0.15) is 0 Å². The Morgan fingerprint density at radius 3 is 2.75 bits per heavy atom. The lowest BCUT2D eigenvalue weighted by Gasteiger charge is -2.33. The van der Waals surface area contributed by atoms with Gasteiger partial charge in [0.05, 0.1) is 5.54 Å². The number of hydrogen-bond donors (Lipinski definition) is 0. The van der Waals surface area contributed by atoms with E-state index >= 15 is 0 Å². The second-order valence-corrected chi connectivity index (χ2v) is 5.82. The Bertz CT molecular complexity index is 663. The fourth-order valence-electron chi connectivity index (χ4n) is 3.58. The number of hydrogen-bond acceptors (Lipinski definition) is 3. The molecule has 1 aromatic heterocycles. The van der Waals surface area contributed by atoms with E-state index < -0.39 is 0 Å². The summed E-state index contributed by atoms with van der Waals surface area (Å²) < 4.78 is 0. The van der Waals surface area contributed by atoms with Crippen LogP contribution >= 0.6 is 0 Å². The summed E-state index contributed by atoms with van der Waals surface area (Å²) in [5.74, 6) is 0. The molecular weight excluding hydrogens is 246 g/mol. The van der Waals surface area contributed by atoms with Crippen molar-refractivity contribution in [3.63, 3.8) is 0 Å². The molecule has 0 saturated carbocycles. The van der Waals surface area contributed by atoms with Gasteiger partial charge in [0.15, 0.2) is 0 Å². The van der Waals surface area contributed by atoms with Gasteiger partial charge in [0.2, 0.25) is 0 Å². The topological polar surface area (TPSA) is 38.1 Å². The van der Waals surface area contributed by atoms with E-state index in [1.807, 2.05) is 12.4 Å². The Balaban J connectivity index is 1.77. The Kier molecular flexibility index (Phi) is 2.66. The maximum Gasteiger partial charge on any atom is 0.115 e. The van der Waals surface area contributed by atoms with Gasteiger partial charge in [-0.1, -0.05) is 18.2 Å². The first-order chi connectivity index (χ1) is 9.86. The highest BCUT2D eigenvalue weighted by atomic mass is 14.9. The first-order valence-electron chi connectivity index (χ1n) is 7.26. The lowest BCUT2D eigenvalue weighted by Crippen LogP contribution is -2.31. The molecule has 100 valence electrons. The fourth-order valence-corrected chi connectivity index (χ4v) is 3.58. The third kappa shape index (κ3) is 1.85. The van der Waals surface area contributed by atoms with Gasteiger partial charge in [-0.05, 0) is 55.0 Å². The van der Waals surface area contributed by atoms with E-state index in [1.54, 1.807) is 6.33 Å². The fraction of sp³-hybridized carbons (Fsp3) is 0.353. The highest BCUT2D eigenvalue weighted by Gasteiger charge is 2.35. The highest BCUT2D eigenvalue weighted by molar-refractivity contribution is 5.68. The van der Waals surface area contributed by atoms with E-state index in [1.165, 1.54) is 29.5 Å². The zero-order valence-corrected chi connectivity index (χ0v) is 11.4. The Labute approximate surface area is 118 Å². The third-order valence-electron chi connectivity index (χ3n) is 4.61. The van der Waals surface area contributed by atoms with Crippen LogP contribution in [0.4, 0.5) is 0 Å². The minimum atomic E-state index is 0.193. The van der Waals surface area contributed by atoms with Gasteiger partial charge < -0.3 is 0 Å². The standard InChI is InChI=1S/C17H17N3/c1-3-13-9-17(6-2-8-20-17)7-5-16(13)15(4-1)14-10-18-12-19-11-14/h1,3-4,8,10-12H,2,5-7,9H2/t17-/m0/s1. The van der Waals surface area contributed by atoms with Crippen LogP contribution in [-0.4, -0.2) is 21.7 Å². The van der Waals surface area contributed by atoms with Crippen LogP contribution in [0.5, 0.6) is 0 Å². The molecule has 3 nitrogen and oxygen atoms in total. The van der Waals surface area contributed by atoms with Crippen molar-refractivity contribution < 1.29 is 0 Å². The zero-order valence-electron chi connectivity index (χ0n) is 11.4. The summed E-state index contributed by atoms with van der Waals surface area (Å²) in [5.41, 5.74) is 5.53. The molecule has 0 radical (unpaired) electrons. The molecule has 2 aromatic rings. The van der Waals surface area contributed by atoms with Crippen molar-refractivity contribution in [3.05, 3.63) is 48.0 Å². The van der Waals surface area contributed by atoms with Crippen molar-refractivity contribution in [1.82, 2.24) is 9.97 Å². The van der Waals surface area contributed by atoms with E-state index in [4.69, 9.17) is 4.99 Å². The lowest BCUT2D eigenvalue weighted by molar-refractivity contribution is 0.375. The zero-order chi connectivity index (χ0) is 13.4. The van der Waals surface area contributed by atoms with Crippen LogP contribution in [0.15, 0.2) is 41.9 Å². The average molecular weight is 263 g/mol. The molecule has 1 aromatic carbocycles. The number of benzene rings is 1. The number of rotatable bonds is 1. The summed E-state index contributed by atoms with van der Waals surface area (Å²) in [6, 6.07) is 6.60.